The molecule has 0 saturated carbocycles. The summed E-state index contributed by atoms with van der Waals surface area (Å²) in [7, 11) is 0. The molecule has 3 heteroatoms. The molecular weight excluding hydrogens is 251 g/mol. The predicted molar refractivity (Wildman–Crippen MR) is 80.2 cm³/mol. The van der Waals surface area contributed by atoms with Crippen molar-refractivity contribution < 1.29 is 4.39 Å². The van der Waals surface area contributed by atoms with E-state index in [1.54, 1.807) is 12.3 Å². The van der Waals surface area contributed by atoms with E-state index in [1.807, 2.05) is 38.2 Å². The van der Waals surface area contributed by atoms with Gasteiger partial charge in [-0.15, -0.1) is 0 Å². The molecule has 0 radical (unpaired) electrons. The van der Waals surface area contributed by atoms with Crippen molar-refractivity contribution in [1.29, 1.82) is 0 Å². The molecule has 0 spiro atoms. The molecule has 106 valence electrons. The molecule has 20 heavy (non-hydrogen) atoms. The number of aromatic nitrogens is 1. The summed E-state index contributed by atoms with van der Waals surface area (Å²) in [6, 6.07) is 7.21. The molecule has 1 N–H and O–H groups in total. The Morgan fingerprint density at radius 2 is 2.00 bits per heavy atom. The molecule has 1 unspecified atom stereocenters. The highest BCUT2D eigenvalue weighted by molar-refractivity contribution is 5.36. The van der Waals surface area contributed by atoms with Crippen LogP contribution in [0.2, 0.25) is 0 Å². The van der Waals surface area contributed by atoms with Gasteiger partial charge in [-0.25, -0.2) is 4.39 Å². The van der Waals surface area contributed by atoms with Crippen LogP contribution in [-0.4, -0.2) is 11.5 Å². The lowest BCUT2D eigenvalue weighted by Crippen LogP contribution is -2.25. The van der Waals surface area contributed by atoms with E-state index < -0.39 is 0 Å². The maximum atomic E-state index is 14.3. The standard InChI is InChI=1S/C17H21FN2/c1-4-8-20-17(15-11-19-9-7-13(15)3)14-6-5-12(2)10-16(14)18/h5-7,9-11,17,20H,4,8H2,1-3H3. The van der Waals surface area contributed by atoms with Gasteiger partial charge in [-0.3, -0.25) is 4.98 Å². The molecule has 2 nitrogen and oxygen atoms in total. The fourth-order valence-corrected chi connectivity index (χ4v) is 2.32. The van der Waals surface area contributed by atoms with Crippen LogP contribution in [0, 0.1) is 19.7 Å². The normalized spacial score (nSPS) is 12.4. The first-order valence-corrected chi connectivity index (χ1v) is 7.03. The van der Waals surface area contributed by atoms with Gasteiger partial charge in [-0.05, 0) is 55.6 Å². The first-order valence-electron chi connectivity index (χ1n) is 7.03. The Labute approximate surface area is 120 Å². The zero-order valence-electron chi connectivity index (χ0n) is 12.3. The van der Waals surface area contributed by atoms with Crippen molar-refractivity contribution in [3.8, 4) is 0 Å². The molecular formula is C17H21FN2. The molecule has 2 aromatic rings. The number of halogens is 1. The maximum Gasteiger partial charge on any atom is 0.128 e. The molecule has 0 aliphatic heterocycles. The molecule has 0 amide bonds. The van der Waals surface area contributed by atoms with Gasteiger partial charge in [-0.1, -0.05) is 19.1 Å². The zero-order chi connectivity index (χ0) is 14.5. The van der Waals surface area contributed by atoms with Gasteiger partial charge in [0, 0.05) is 18.0 Å². The number of rotatable bonds is 5. The summed E-state index contributed by atoms with van der Waals surface area (Å²) in [4.78, 5) is 4.18. The second-order valence-corrected chi connectivity index (χ2v) is 5.14. The van der Waals surface area contributed by atoms with Crippen molar-refractivity contribution in [2.75, 3.05) is 6.54 Å². The van der Waals surface area contributed by atoms with Crippen LogP contribution in [0.3, 0.4) is 0 Å². The van der Waals surface area contributed by atoms with Crippen molar-refractivity contribution in [2.24, 2.45) is 0 Å². The van der Waals surface area contributed by atoms with Crippen LogP contribution in [0.5, 0.6) is 0 Å². The summed E-state index contributed by atoms with van der Waals surface area (Å²) in [5.74, 6) is -0.165. The number of benzene rings is 1. The van der Waals surface area contributed by atoms with Crippen LogP contribution >= 0.6 is 0 Å². The molecule has 1 heterocycles. The number of aryl methyl sites for hydroxylation is 2. The van der Waals surface area contributed by atoms with Gasteiger partial charge in [0.05, 0.1) is 6.04 Å². The third-order valence-corrected chi connectivity index (χ3v) is 3.46. The average Bonchev–Trinajstić information content (AvgIpc) is 2.42. The lowest BCUT2D eigenvalue weighted by atomic mass is 9.95. The van der Waals surface area contributed by atoms with Gasteiger partial charge < -0.3 is 5.32 Å². The first-order chi connectivity index (χ1) is 9.63. The Hall–Kier alpha value is -1.74. The molecule has 1 aromatic heterocycles. The zero-order valence-corrected chi connectivity index (χ0v) is 12.3. The summed E-state index contributed by atoms with van der Waals surface area (Å²) in [6.45, 7) is 6.87. The fraction of sp³-hybridized carbons (Fsp3) is 0.353. The van der Waals surface area contributed by atoms with Crippen LogP contribution in [-0.2, 0) is 0 Å². The summed E-state index contributed by atoms with van der Waals surface area (Å²) in [5, 5.41) is 3.42. The molecule has 1 aromatic carbocycles. The largest absolute Gasteiger partial charge is 0.306 e. The van der Waals surface area contributed by atoms with Gasteiger partial charge in [-0.2, -0.15) is 0 Å². The van der Waals surface area contributed by atoms with Crippen LogP contribution < -0.4 is 5.32 Å². The Bertz CT molecular complexity index is 581. The topological polar surface area (TPSA) is 24.9 Å². The molecule has 2 rings (SSSR count). The van der Waals surface area contributed by atoms with Crippen LogP contribution in [0.15, 0.2) is 36.7 Å². The Morgan fingerprint density at radius 3 is 2.65 bits per heavy atom. The van der Waals surface area contributed by atoms with Gasteiger partial charge in [0.25, 0.3) is 0 Å². The Balaban J connectivity index is 2.44. The minimum absolute atomic E-state index is 0.149. The third kappa shape index (κ3) is 3.23. The van der Waals surface area contributed by atoms with Gasteiger partial charge in [0.2, 0.25) is 0 Å². The van der Waals surface area contributed by atoms with Crippen molar-refractivity contribution >= 4 is 0 Å². The average molecular weight is 272 g/mol. The smallest absolute Gasteiger partial charge is 0.128 e. The van der Waals surface area contributed by atoms with Crippen molar-refractivity contribution in [1.82, 2.24) is 10.3 Å². The van der Waals surface area contributed by atoms with Crippen LogP contribution in [0.1, 0.15) is 41.6 Å². The summed E-state index contributed by atoms with van der Waals surface area (Å²) < 4.78 is 14.3. The maximum absolute atomic E-state index is 14.3. The van der Waals surface area contributed by atoms with E-state index in [4.69, 9.17) is 0 Å². The summed E-state index contributed by atoms with van der Waals surface area (Å²) in [6.07, 6.45) is 4.59. The van der Waals surface area contributed by atoms with Crippen molar-refractivity contribution in [3.63, 3.8) is 0 Å². The van der Waals surface area contributed by atoms with Gasteiger partial charge in [0.15, 0.2) is 0 Å². The van der Waals surface area contributed by atoms with E-state index in [0.717, 1.165) is 29.7 Å². The van der Waals surface area contributed by atoms with Gasteiger partial charge in [0.1, 0.15) is 5.82 Å². The van der Waals surface area contributed by atoms with E-state index in [-0.39, 0.29) is 11.9 Å². The second kappa shape index (κ2) is 6.62. The monoisotopic (exact) mass is 272 g/mol. The van der Waals surface area contributed by atoms with E-state index in [2.05, 4.69) is 17.2 Å². The van der Waals surface area contributed by atoms with Crippen LogP contribution in [0.4, 0.5) is 4.39 Å². The number of nitrogens with one attached hydrogen (secondary N) is 1. The lowest BCUT2D eigenvalue weighted by molar-refractivity contribution is 0.544. The number of nitrogens with zero attached hydrogens (tertiary/aromatic N) is 1. The molecule has 0 bridgehead atoms. The predicted octanol–water partition coefficient (Wildman–Crippen LogP) is 3.93. The minimum Gasteiger partial charge on any atom is -0.306 e. The number of hydrogen-bond acceptors (Lipinski definition) is 2. The molecule has 0 aliphatic carbocycles. The molecule has 0 aliphatic rings. The summed E-state index contributed by atoms with van der Waals surface area (Å²) in [5.41, 5.74) is 3.76. The fourth-order valence-electron chi connectivity index (χ4n) is 2.32. The van der Waals surface area contributed by atoms with E-state index in [0.29, 0.717) is 5.56 Å². The number of hydrogen-bond donors (Lipinski definition) is 1. The molecule has 0 fully saturated rings. The quantitative estimate of drug-likeness (QED) is 0.892. The van der Waals surface area contributed by atoms with Crippen molar-refractivity contribution in [2.45, 2.75) is 33.2 Å². The lowest BCUT2D eigenvalue weighted by Gasteiger charge is -2.21. The molecule has 0 saturated heterocycles. The van der Waals surface area contributed by atoms with E-state index in [1.165, 1.54) is 0 Å². The Kier molecular flexibility index (Phi) is 4.85. The second-order valence-electron chi connectivity index (χ2n) is 5.14. The highest BCUT2D eigenvalue weighted by atomic mass is 19.1. The van der Waals surface area contributed by atoms with Gasteiger partial charge >= 0.3 is 0 Å². The third-order valence-electron chi connectivity index (χ3n) is 3.46. The van der Waals surface area contributed by atoms with Crippen LogP contribution in [0.25, 0.3) is 0 Å². The molecule has 1 atom stereocenters. The SMILES string of the molecule is CCCNC(c1cnccc1C)c1ccc(C)cc1F. The highest BCUT2D eigenvalue weighted by Gasteiger charge is 2.19. The number of pyridine rings is 1. The summed E-state index contributed by atoms with van der Waals surface area (Å²) >= 11 is 0. The highest BCUT2D eigenvalue weighted by Crippen LogP contribution is 2.26. The van der Waals surface area contributed by atoms with E-state index >= 15 is 0 Å². The van der Waals surface area contributed by atoms with Crippen molar-refractivity contribution in [3.05, 3.63) is 64.7 Å². The Morgan fingerprint density at radius 1 is 1.20 bits per heavy atom. The minimum atomic E-state index is -0.165. The van der Waals surface area contributed by atoms with E-state index in [9.17, 15) is 4.39 Å². The first kappa shape index (κ1) is 14.7.